The molecule has 1 amide bonds. The minimum absolute atomic E-state index is 0.0222. The van der Waals surface area contributed by atoms with E-state index in [2.05, 4.69) is 0 Å². The SMILES string of the molecule is CCCN(C(=O)COc1ccccc1)c1ccc(N)cc1. The van der Waals surface area contributed by atoms with Crippen LogP contribution in [-0.2, 0) is 4.79 Å². The standard InChI is InChI=1S/C17H20N2O2/c1-2-12-19(15-10-8-14(18)9-11-15)17(20)13-21-16-6-4-3-5-7-16/h3-11H,2,12-13,18H2,1H3. The highest BCUT2D eigenvalue weighted by Crippen LogP contribution is 2.17. The minimum Gasteiger partial charge on any atom is -0.484 e. The number of nitrogens with zero attached hydrogens (tertiary/aromatic N) is 1. The Morgan fingerprint density at radius 2 is 1.76 bits per heavy atom. The zero-order valence-electron chi connectivity index (χ0n) is 12.2. The van der Waals surface area contributed by atoms with Gasteiger partial charge in [0.2, 0.25) is 0 Å². The number of anilines is 2. The molecule has 0 aliphatic rings. The van der Waals surface area contributed by atoms with Crippen LogP contribution in [0.5, 0.6) is 5.75 Å². The van der Waals surface area contributed by atoms with E-state index in [9.17, 15) is 4.79 Å². The maximum Gasteiger partial charge on any atom is 0.264 e. The lowest BCUT2D eigenvalue weighted by atomic mass is 10.2. The maximum absolute atomic E-state index is 12.4. The van der Waals surface area contributed by atoms with Crippen molar-refractivity contribution in [1.29, 1.82) is 0 Å². The number of carbonyl (C=O) groups excluding carboxylic acids is 1. The zero-order chi connectivity index (χ0) is 15.1. The monoisotopic (exact) mass is 284 g/mol. The molecule has 2 rings (SSSR count). The first kappa shape index (κ1) is 14.9. The Labute approximate surface area is 125 Å². The third kappa shape index (κ3) is 4.24. The molecule has 2 aromatic carbocycles. The summed E-state index contributed by atoms with van der Waals surface area (Å²) in [5.74, 6) is 0.630. The minimum atomic E-state index is -0.0644. The normalized spacial score (nSPS) is 10.1. The Kier molecular flexibility index (Phi) is 5.21. The molecule has 0 saturated heterocycles. The van der Waals surface area contributed by atoms with Crippen molar-refractivity contribution in [2.75, 3.05) is 23.8 Å². The lowest BCUT2D eigenvalue weighted by molar-refractivity contribution is -0.120. The topological polar surface area (TPSA) is 55.6 Å². The van der Waals surface area contributed by atoms with E-state index in [1.165, 1.54) is 0 Å². The summed E-state index contributed by atoms with van der Waals surface area (Å²) in [4.78, 5) is 14.1. The molecule has 0 aliphatic heterocycles. The number of amides is 1. The van der Waals surface area contributed by atoms with Crippen molar-refractivity contribution in [3.63, 3.8) is 0 Å². The summed E-state index contributed by atoms with van der Waals surface area (Å²) >= 11 is 0. The van der Waals surface area contributed by atoms with Crippen LogP contribution in [0.1, 0.15) is 13.3 Å². The van der Waals surface area contributed by atoms with Crippen molar-refractivity contribution < 1.29 is 9.53 Å². The van der Waals surface area contributed by atoms with E-state index in [-0.39, 0.29) is 12.5 Å². The van der Waals surface area contributed by atoms with Crippen LogP contribution in [0.15, 0.2) is 54.6 Å². The van der Waals surface area contributed by atoms with Crippen LogP contribution in [0.25, 0.3) is 0 Å². The molecule has 0 radical (unpaired) electrons. The smallest absolute Gasteiger partial charge is 0.264 e. The first-order valence-electron chi connectivity index (χ1n) is 7.04. The molecule has 2 N–H and O–H groups in total. The molecule has 0 aromatic heterocycles. The van der Waals surface area contributed by atoms with Crippen LogP contribution in [-0.4, -0.2) is 19.1 Å². The number of nitrogen functional groups attached to an aromatic ring is 1. The average Bonchev–Trinajstić information content (AvgIpc) is 2.52. The molecule has 0 saturated carbocycles. The lowest BCUT2D eigenvalue weighted by Gasteiger charge is -2.22. The van der Waals surface area contributed by atoms with E-state index in [1.807, 2.05) is 49.4 Å². The lowest BCUT2D eigenvalue weighted by Crippen LogP contribution is -2.35. The van der Waals surface area contributed by atoms with E-state index < -0.39 is 0 Å². The Morgan fingerprint density at radius 3 is 2.38 bits per heavy atom. The number of nitrogens with two attached hydrogens (primary N) is 1. The summed E-state index contributed by atoms with van der Waals surface area (Å²) in [5, 5.41) is 0. The van der Waals surface area contributed by atoms with Gasteiger partial charge in [-0.15, -0.1) is 0 Å². The fraction of sp³-hybridized carbons (Fsp3) is 0.235. The quantitative estimate of drug-likeness (QED) is 0.829. The van der Waals surface area contributed by atoms with Gasteiger partial charge in [-0.05, 0) is 42.8 Å². The summed E-state index contributed by atoms with van der Waals surface area (Å²) in [7, 11) is 0. The van der Waals surface area contributed by atoms with Crippen LogP contribution in [0.2, 0.25) is 0 Å². The molecular formula is C17H20N2O2. The number of hydrogen-bond donors (Lipinski definition) is 1. The Bertz CT molecular complexity index is 567. The van der Waals surface area contributed by atoms with Gasteiger partial charge in [-0.2, -0.15) is 0 Å². The van der Waals surface area contributed by atoms with Gasteiger partial charge in [0.25, 0.3) is 5.91 Å². The number of benzene rings is 2. The fourth-order valence-corrected chi connectivity index (χ4v) is 2.02. The summed E-state index contributed by atoms with van der Waals surface area (Å²) in [6.45, 7) is 2.71. The van der Waals surface area contributed by atoms with Crippen LogP contribution in [0, 0.1) is 0 Å². The van der Waals surface area contributed by atoms with Gasteiger partial charge in [0, 0.05) is 17.9 Å². The Morgan fingerprint density at radius 1 is 1.10 bits per heavy atom. The second kappa shape index (κ2) is 7.33. The van der Waals surface area contributed by atoms with Gasteiger partial charge in [0.15, 0.2) is 6.61 Å². The molecular weight excluding hydrogens is 264 g/mol. The first-order valence-corrected chi connectivity index (χ1v) is 7.04. The van der Waals surface area contributed by atoms with Crippen molar-refractivity contribution >= 4 is 17.3 Å². The van der Waals surface area contributed by atoms with Crippen molar-refractivity contribution in [3.8, 4) is 5.75 Å². The molecule has 0 fully saturated rings. The molecule has 21 heavy (non-hydrogen) atoms. The fourth-order valence-electron chi connectivity index (χ4n) is 2.02. The summed E-state index contributed by atoms with van der Waals surface area (Å²) in [6, 6.07) is 16.6. The third-order valence-electron chi connectivity index (χ3n) is 3.06. The predicted molar refractivity (Wildman–Crippen MR) is 85.4 cm³/mol. The van der Waals surface area contributed by atoms with Gasteiger partial charge in [-0.3, -0.25) is 4.79 Å². The molecule has 0 heterocycles. The van der Waals surface area contributed by atoms with Gasteiger partial charge in [0.05, 0.1) is 0 Å². The van der Waals surface area contributed by atoms with Gasteiger partial charge >= 0.3 is 0 Å². The average molecular weight is 284 g/mol. The molecule has 4 heteroatoms. The van der Waals surface area contributed by atoms with Gasteiger partial charge in [-0.25, -0.2) is 0 Å². The predicted octanol–water partition coefficient (Wildman–Crippen LogP) is 3.09. The summed E-state index contributed by atoms with van der Waals surface area (Å²) in [6.07, 6.45) is 0.876. The van der Waals surface area contributed by atoms with Crippen molar-refractivity contribution in [2.45, 2.75) is 13.3 Å². The van der Waals surface area contributed by atoms with Crippen molar-refractivity contribution in [3.05, 3.63) is 54.6 Å². The molecule has 4 nitrogen and oxygen atoms in total. The van der Waals surface area contributed by atoms with Crippen LogP contribution in [0.4, 0.5) is 11.4 Å². The number of hydrogen-bond acceptors (Lipinski definition) is 3. The Hall–Kier alpha value is -2.49. The van der Waals surface area contributed by atoms with Crippen molar-refractivity contribution in [2.24, 2.45) is 0 Å². The first-order chi connectivity index (χ1) is 10.2. The van der Waals surface area contributed by atoms with E-state index >= 15 is 0 Å². The van der Waals surface area contributed by atoms with E-state index in [4.69, 9.17) is 10.5 Å². The molecule has 110 valence electrons. The summed E-state index contributed by atoms with van der Waals surface area (Å²) in [5.41, 5.74) is 7.21. The number of rotatable bonds is 6. The molecule has 0 atom stereocenters. The van der Waals surface area contributed by atoms with Gasteiger partial charge < -0.3 is 15.4 Å². The van der Waals surface area contributed by atoms with E-state index in [1.54, 1.807) is 17.0 Å². The number of para-hydroxylation sites is 1. The highest BCUT2D eigenvalue weighted by atomic mass is 16.5. The molecule has 2 aromatic rings. The summed E-state index contributed by atoms with van der Waals surface area (Å²) < 4.78 is 5.52. The van der Waals surface area contributed by atoms with E-state index in [0.717, 1.165) is 12.1 Å². The second-order valence-electron chi connectivity index (χ2n) is 4.74. The van der Waals surface area contributed by atoms with Gasteiger partial charge in [-0.1, -0.05) is 25.1 Å². The number of ether oxygens (including phenoxy) is 1. The second-order valence-corrected chi connectivity index (χ2v) is 4.74. The molecule has 0 bridgehead atoms. The van der Waals surface area contributed by atoms with Crippen LogP contribution in [0.3, 0.4) is 0 Å². The maximum atomic E-state index is 12.4. The zero-order valence-corrected chi connectivity index (χ0v) is 12.2. The number of carbonyl (C=O) groups is 1. The molecule has 0 aliphatic carbocycles. The highest BCUT2D eigenvalue weighted by Gasteiger charge is 2.15. The largest absolute Gasteiger partial charge is 0.484 e. The molecule has 0 unspecified atom stereocenters. The van der Waals surface area contributed by atoms with Crippen molar-refractivity contribution in [1.82, 2.24) is 0 Å². The molecule has 0 spiro atoms. The Balaban J connectivity index is 2.03. The highest BCUT2D eigenvalue weighted by molar-refractivity contribution is 5.94. The van der Waals surface area contributed by atoms with Gasteiger partial charge in [0.1, 0.15) is 5.75 Å². The van der Waals surface area contributed by atoms with Crippen LogP contribution >= 0.6 is 0 Å². The third-order valence-corrected chi connectivity index (χ3v) is 3.06. The van der Waals surface area contributed by atoms with E-state index in [0.29, 0.717) is 18.0 Å². The van der Waals surface area contributed by atoms with Crippen LogP contribution < -0.4 is 15.4 Å².